The maximum Gasteiger partial charge on any atom is 0.239 e. The van der Waals surface area contributed by atoms with E-state index in [-0.39, 0.29) is 12.2 Å². The van der Waals surface area contributed by atoms with Gasteiger partial charge in [-0.1, -0.05) is 41.9 Å². The molecule has 7 heteroatoms. The fraction of sp³-hybridized carbons (Fsp3) is 0.176. The summed E-state index contributed by atoms with van der Waals surface area (Å²) in [5.41, 5.74) is 2.32. The Morgan fingerprint density at radius 1 is 1.21 bits per heavy atom. The third-order valence-electron chi connectivity index (χ3n) is 3.33. The zero-order chi connectivity index (χ0) is 17.7. The fourth-order valence-electron chi connectivity index (χ4n) is 2.16. The first-order valence-corrected chi connectivity index (χ1v) is 9.10. The van der Waals surface area contributed by atoms with Crippen molar-refractivity contribution in [1.82, 2.24) is 4.72 Å². The number of halogens is 1. The largest absolute Gasteiger partial charge is 0.274 e. The summed E-state index contributed by atoms with van der Waals surface area (Å²) in [4.78, 5) is 12.0. The second kappa shape index (κ2) is 7.47. The molecular formula is C17H15ClN2O3S. The van der Waals surface area contributed by atoms with Gasteiger partial charge in [-0.15, -0.1) is 0 Å². The molecule has 2 aromatic carbocycles. The van der Waals surface area contributed by atoms with Crippen molar-refractivity contribution >= 4 is 27.5 Å². The van der Waals surface area contributed by atoms with Gasteiger partial charge in [0.25, 0.3) is 0 Å². The number of aryl methyl sites for hydroxylation is 1. The highest BCUT2D eigenvalue weighted by atomic mass is 35.5. The highest BCUT2D eigenvalue weighted by molar-refractivity contribution is 7.89. The van der Waals surface area contributed by atoms with E-state index in [1.165, 1.54) is 12.1 Å². The van der Waals surface area contributed by atoms with Gasteiger partial charge in [-0.2, -0.15) is 5.26 Å². The average Bonchev–Trinajstić information content (AvgIpc) is 2.51. The molecule has 0 atom stereocenters. The number of amides is 1. The van der Waals surface area contributed by atoms with Gasteiger partial charge in [0.05, 0.1) is 23.8 Å². The summed E-state index contributed by atoms with van der Waals surface area (Å²) in [6, 6.07) is 13.3. The zero-order valence-corrected chi connectivity index (χ0v) is 14.5. The minimum atomic E-state index is -3.82. The number of nitriles is 1. The first kappa shape index (κ1) is 18.0. The van der Waals surface area contributed by atoms with Crippen LogP contribution in [-0.2, 0) is 27.0 Å². The van der Waals surface area contributed by atoms with Crippen LogP contribution in [0.2, 0.25) is 5.02 Å². The van der Waals surface area contributed by atoms with Gasteiger partial charge in [0.2, 0.25) is 15.9 Å². The van der Waals surface area contributed by atoms with Gasteiger partial charge in [0, 0.05) is 5.02 Å². The van der Waals surface area contributed by atoms with Crippen molar-refractivity contribution in [3.63, 3.8) is 0 Å². The topological polar surface area (TPSA) is 87.0 Å². The van der Waals surface area contributed by atoms with E-state index >= 15 is 0 Å². The fourth-order valence-corrected chi connectivity index (χ4v) is 3.47. The molecule has 0 bridgehead atoms. The van der Waals surface area contributed by atoms with Gasteiger partial charge < -0.3 is 0 Å². The molecule has 0 aromatic heterocycles. The maximum atomic E-state index is 12.1. The van der Waals surface area contributed by atoms with Crippen molar-refractivity contribution in [1.29, 1.82) is 5.26 Å². The van der Waals surface area contributed by atoms with E-state index in [9.17, 15) is 13.2 Å². The molecule has 0 aliphatic carbocycles. The quantitative estimate of drug-likeness (QED) is 0.885. The maximum absolute atomic E-state index is 12.1. The Labute approximate surface area is 145 Å². The normalized spacial score (nSPS) is 10.9. The highest BCUT2D eigenvalue weighted by Gasteiger charge is 2.17. The van der Waals surface area contributed by atoms with E-state index in [2.05, 4.69) is 0 Å². The number of sulfonamides is 1. The van der Waals surface area contributed by atoms with E-state index in [4.69, 9.17) is 16.9 Å². The van der Waals surface area contributed by atoms with Crippen LogP contribution in [0.3, 0.4) is 0 Å². The zero-order valence-electron chi connectivity index (χ0n) is 12.9. The summed E-state index contributed by atoms with van der Waals surface area (Å²) in [5, 5.41) is 9.18. The third kappa shape index (κ3) is 4.82. The van der Waals surface area contributed by atoms with Gasteiger partial charge in [-0.25, -0.2) is 8.42 Å². The molecule has 0 saturated heterocycles. The van der Waals surface area contributed by atoms with Crippen LogP contribution in [0.25, 0.3) is 0 Å². The first-order chi connectivity index (χ1) is 11.3. The first-order valence-electron chi connectivity index (χ1n) is 7.07. The summed E-state index contributed by atoms with van der Waals surface area (Å²) in [6.45, 7) is 1.81. The van der Waals surface area contributed by atoms with Gasteiger partial charge in [0.15, 0.2) is 0 Å². The molecule has 0 aliphatic rings. The van der Waals surface area contributed by atoms with Crippen molar-refractivity contribution in [2.75, 3.05) is 0 Å². The number of carbonyl (C=O) groups is 1. The predicted molar refractivity (Wildman–Crippen MR) is 91.8 cm³/mol. The predicted octanol–water partition coefficient (Wildman–Crippen LogP) is 2.71. The van der Waals surface area contributed by atoms with Crippen LogP contribution in [0.1, 0.15) is 22.3 Å². The molecule has 0 unspecified atom stereocenters. The molecule has 0 aliphatic heterocycles. The number of rotatable bonds is 5. The SMILES string of the molecule is Cc1cccc(CC(=O)NS(=O)(=O)Cc2ccc(C#N)cc2)c1Cl. The molecule has 0 spiro atoms. The number of hydrogen-bond donors (Lipinski definition) is 1. The minimum Gasteiger partial charge on any atom is -0.274 e. The Morgan fingerprint density at radius 3 is 2.50 bits per heavy atom. The third-order valence-corrected chi connectivity index (χ3v) is 5.12. The standard InChI is InChI=1S/C17H15ClN2O3S/c1-12-3-2-4-15(17(12)18)9-16(21)20-24(22,23)11-14-7-5-13(10-19)6-8-14/h2-8H,9,11H2,1H3,(H,20,21). The van der Waals surface area contributed by atoms with Crippen molar-refractivity contribution < 1.29 is 13.2 Å². The summed E-state index contributed by atoms with van der Waals surface area (Å²) in [6.07, 6.45) is -0.118. The number of nitrogens with one attached hydrogen (secondary N) is 1. The second-order valence-electron chi connectivity index (χ2n) is 5.32. The molecule has 2 aromatic rings. The van der Waals surface area contributed by atoms with E-state index in [1.54, 1.807) is 24.3 Å². The van der Waals surface area contributed by atoms with Crippen LogP contribution in [0.15, 0.2) is 42.5 Å². The van der Waals surface area contributed by atoms with Crippen LogP contribution in [0.4, 0.5) is 0 Å². The summed E-state index contributed by atoms with van der Waals surface area (Å²) >= 11 is 6.11. The van der Waals surface area contributed by atoms with Crippen LogP contribution < -0.4 is 4.72 Å². The van der Waals surface area contributed by atoms with Crippen molar-refractivity contribution in [3.8, 4) is 6.07 Å². The Morgan fingerprint density at radius 2 is 1.88 bits per heavy atom. The van der Waals surface area contributed by atoms with Gasteiger partial charge in [0.1, 0.15) is 0 Å². The Kier molecular flexibility index (Phi) is 5.60. The van der Waals surface area contributed by atoms with Gasteiger partial charge in [-0.05, 0) is 35.7 Å². The summed E-state index contributed by atoms with van der Waals surface area (Å²) < 4.78 is 26.2. The van der Waals surface area contributed by atoms with Crippen molar-refractivity contribution in [2.24, 2.45) is 0 Å². The van der Waals surface area contributed by atoms with Gasteiger partial charge >= 0.3 is 0 Å². The Balaban J connectivity index is 2.04. The lowest BCUT2D eigenvalue weighted by atomic mass is 10.1. The molecule has 0 heterocycles. The lowest BCUT2D eigenvalue weighted by molar-refractivity contribution is -0.118. The number of nitrogens with zero attached hydrogens (tertiary/aromatic N) is 1. The molecule has 0 fully saturated rings. The number of carbonyl (C=O) groups excluding carboxylic acids is 1. The molecule has 5 nitrogen and oxygen atoms in total. The molecule has 124 valence electrons. The lowest BCUT2D eigenvalue weighted by Gasteiger charge is -2.09. The summed E-state index contributed by atoms with van der Waals surface area (Å²) in [5.74, 6) is -0.984. The van der Waals surface area contributed by atoms with Crippen LogP contribution in [-0.4, -0.2) is 14.3 Å². The average molecular weight is 363 g/mol. The molecular weight excluding hydrogens is 348 g/mol. The smallest absolute Gasteiger partial charge is 0.239 e. The van der Waals surface area contributed by atoms with E-state index < -0.39 is 15.9 Å². The number of benzene rings is 2. The van der Waals surface area contributed by atoms with E-state index in [1.807, 2.05) is 23.8 Å². The molecule has 0 radical (unpaired) electrons. The molecule has 1 N–H and O–H groups in total. The number of hydrogen-bond acceptors (Lipinski definition) is 4. The molecule has 24 heavy (non-hydrogen) atoms. The molecule has 1 amide bonds. The monoisotopic (exact) mass is 362 g/mol. The van der Waals surface area contributed by atoms with E-state index in [0.717, 1.165) is 5.56 Å². The molecule has 0 saturated carbocycles. The Hall–Kier alpha value is -2.36. The van der Waals surface area contributed by atoms with E-state index in [0.29, 0.717) is 21.7 Å². The van der Waals surface area contributed by atoms with Crippen LogP contribution >= 0.6 is 11.6 Å². The van der Waals surface area contributed by atoms with Crippen LogP contribution in [0, 0.1) is 18.3 Å². The minimum absolute atomic E-state index is 0.118. The van der Waals surface area contributed by atoms with Crippen molar-refractivity contribution in [3.05, 3.63) is 69.7 Å². The Bertz CT molecular complexity index is 900. The van der Waals surface area contributed by atoms with Crippen molar-refractivity contribution in [2.45, 2.75) is 19.1 Å². The van der Waals surface area contributed by atoms with Crippen LogP contribution in [0.5, 0.6) is 0 Å². The lowest BCUT2D eigenvalue weighted by Crippen LogP contribution is -2.32. The highest BCUT2D eigenvalue weighted by Crippen LogP contribution is 2.20. The second-order valence-corrected chi connectivity index (χ2v) is 7.42. The molecule has 2 rings (SSSR count). The summed E-state index contributed by atoms with van der Waals surface area (Å²) in [7, 11) is -3.82. The van der Waals surface area contributed by atoms with Gasteiger partial charge in [-0.3, -0.25) is 9.52 Å².